The highest BCUT2D eigenvalue weighted by Gasteiger charge is 2.13. The van der Waals surface area contributed by atoms with E-state index in [2.05, 4.69) is 27.6 Å². The summed E-state index contributed by atoms with van der Waals surface area (Å²) in [6, 6.07) is 10.4. The van der Waals surface area contributed by atoms with Crippen LogP contribution in [0.1, 0.15) is 16.6 Å². The van der Waals surface area contributed by atoms with Gasteiger partial charge in [-0.25, -0.2) is 4.39 Å². The summed E-state index contributed by atoms with van der Waals surface area (Å²) in [5, 5.41) is -0.183. The Morgan fingerprint density at radius 2 is 2.12 bits per heavy atom. The minimum absolute atomic E-state index is 0.183. The molecule has 1 heterocycles. The first-order valence-electron chi connectivity index (χ1n) is 5.16. The summed E-state index contributed by atoms with van der Waals surface area (Å²) in [6.07, 6.45) is 2.39. The molecule has 0 fully saturated rings. The third-order valence-electron chi connectivity index (χ3n) is 2.41. The largest absolute Gasteiger partial charge is 0.261 e. The van der Waals surface area contributed by atoms with Crippen molar-refractivity contribution in [2.45, 2.75) is 11.8 Å². The lowest BCUT2D eigenvalue weighted by Gasteiger charge is -2.11. The van der Waals surface area contributed by atoms with Gasteiger partial charge in [-0.2, -0.15) is 0 Å². The van der Waals surface area contributed by atoms with Gasteiger partial charge in [0.05, 0.1) is 5.38 Å². The number of halogens is 3. The molecular formula is C13H10ClFIN. The van der Waals surface area contributed by atoms with E-state index in [0.717, 1.165) is 14.8 Å². The van der Waals surface area contributed by atoms with Gasteiger partial charge < -0.3 is 0 Å². The number of aromatic nitrogens is 1. The zero-order valence-corrected chi connectivity index (χ0v) is 11.8. The van der Waals surface area contributed by atoms with Gasteiger partial charge in [-0.1, -0.05) is 12.1 Å². The molecular weight excluding hydrogens is 352 g/mol. The fraction of sp³-hybridized carbons (Fsp3) is 0.154. The molecule has 88 valence electrons. The van der Waals surface area contributed by atoms with Crippen LogP contribution in [-0.2, 0) is 6.42 Å². The first-order valence-corrected chi connectivity index (χ1v) is 6.67. The number of rotatable bonds is 3. The number of hydrogen-bond acceptors (Lipinski definition) is 1. The molecule has 0 spiro atoms. The van der Waals surface area contributed by atoms with Crippen LogP contribution in [0.5, 0.6) is 0 Å². The third kappa shape index (κ3) is 3.39. The normalized spacial score (nSPS) is 12.4. The maximum atomic E-state index is 13.0. The highest BCUT2D eigenvalue weighted by atomic mass is 127. The van der Waals surface area contributed by atoms with Crippen LogP contribution in [0.4, 0.5) is 4.39 Å². The third-order valence-corrected chi connectivity index (χ3v) is 3.74. The molecule has 1 atom stereocenters. The van der Waals surface area contributed by atoms with Gasteiger partial charge in [0.15, 0.2) is 0 Å². The van der Waals surface area contributed by atoms with Crippen molar-refractivity contribution >= 4 is 34.2 Å². The zero-order valence-electron chi connectivity index (χ0n) is 8.91. The van der Waals surface area contributed by atoms with E-state index >= 15 is 0 Å². The molecule has 0 saturated heterocycles. The molecule has 0 radical (unpaired) electrons. The van der Waals surface area contributed by atoms with E-state index in [4.69, 9.17) is 11.6 Å². The fourth-order valence-electron chi connectivity index (χ4n) is 1.57. The standard InChI is InChI=1S/C13H10ClFIN/c14-12(8-10-3-1-2-6-17-10)11-5-4-9(15)7-13(11)16/h1-7,12H,8H2. The molecule has 4 heteroatoms. The zero-order chi connectivity index (χ0) is 12.3. The summed E-state index contributed by atoms with van der Waals surface area (Å²) in [4.78, 5) is 4.23. The minimum Gasteiger partial charge on any atom is -0.261 e. The second-order valence-electron chi connectivity index (χ2n) is 3.66. The number of benzene rings is 1. The molecule has 0 amide bonds. The molecule has 17 heavy (non-hydrogen) atoms. The molecule has 0 aliphatic heterocycles. The van der Waals surface area contributed by atoms with Crippen molar-refractivity contribution in [2.24, 2.45) is 0 Å². The molecule has 1 aromatic carbocycles. The average molecular weight is 362 g/mol. The molecule has 0 saturated carbocycles. The van der Waals surface area contributed by atoms with E-state index in [9.17, 15) is 4.39 Å². The van der Waals surface area contributed by atoms with Crippen LogP contribution in [-0.4, -0.2) is 4.98 Å². The highest BCUT2D eigenvalue weighted by Crippen LogP contribution is 2.28. The van der Waals surface area contributed by atoms with Crippen LogP contribution in [0.15, 0.2) is 42.6 Å². The molecule has 0 bridgehead atoms. The predicted molar refractivity (Wildman–Crippen MR) is 75.7 cm³/mol. The second kappa shape index (κ2) is 5.78. The SMILES string of the molecule is Fc1ccc(C(Cl)Cc2ccccn2)c(I)c1. The summed E-state index contributed by atoms with van der Waals surface area (Å²) in [5.41, 5.74) is 1.88. The molecule has 2 aromatic rings. The summed E-state index contributed by atoms with van der Waals surface area (Å²) in [5.74, 6) is -0.236. The van der Waals surface area contributed by atoms with Gasteiger partial charge in [-0.15, -0.1) is 11.6 Å². The van der Waals surface area contributed by atoms with Crippen molar-refractivity contribution in [3.05, 3.63) is 63.2 Å². The van der Waals surface area contributed by atoms with Gasteiger partial charge in [0.25, 0.3) is 0 Å². The lowest BCUT2D eigenvalue weighted by atomic mass is 10.1. The van der Waals surface area contributed by atoms with Crippen molar-refractivity contribution in [1.29, 1.82) is 0 Å². The fourth-order valence-corrected chi connectivity index (χ4v) is 2.95. The van der Waals surface area contributed by atoms with E-state index in [1.807, 2.05) is 18.2 Å². The Bertz CT molecular complexity index is 504. The Hall–Kier alpha value is -0.680. The summed E-state index contributed by atoms with van der Waals surface area (Å²) >= 11 is 8.43. The van der Waals surface area contributed by atoms with Crippen LogP contribution < -0.4 is 0 Å². The van der Waals surface area contributed by atoms with Gasteiger partial charge in [0.1, 0.15) is 5.82 Å². The molecule has 0 aliphatic rings. The maximum absolute atomic E-state index is 13.0. The summed E-state index contributed by atoms with van der Waals surface area (Å²) in [6.45, 7) is 0. The quantitative estimate of drug-likeness (QED) is 0.585. The number of pyridine rings is 1. The molecule has 2 rings (SSSR count). The van der Waals surface area contributed by atoms with E-state index in [1.165, 1.54) is 12.1 Å². The highest BCUT2D eigenvalue weighted by molar-refractivity contribution is 14.1. The van der Waals surface area contributed by atoms with Gasteiger partial charge in [0, 0.05) is 21.9 Å². The Morgan fingerprint density at radius 1 is 1.29 bits per heavy atom. The number of alkyl halides is 1. The number of hydrogen-bond donors (Lipinski definition) is 0. The monoisotopic (exact) mass is 361 g/mol. The van der Waals surface area contributed by atoms with Crippen LogP contribution in [0, 0.1) is 9.39 Å². The van der Waals surface area contributed by atoms with Gasteiger partial charge in [-0.3, -0.25) is 4.98 Å². The van der Waals surface area contributed by atoms with E-state index in [-0.39, 0.29) is 11.2 Å². The molecule has 1 unspecified atom stereocenters. The smallest absolute Gasteiger partial charge is 0.124 e. The maximum Gasteiger partial charge on any atom is 0.124 e. The number of nitrogens with zero attached hydrogens (tertiary/aromatic N) is 1. The van der Waals surface area contributed by atoms with Gasteiger partial charge >= 0.3 is 0 Å². The first kappa shape index (κ1) is 12.8. The Labute approximate surface area is 118 Å². The lowest BCUT2D eigenvalue weighted by molar-refractivity contribution is 0.625. The minimum atomic E-state index is -0.236. The van der Waals surface area contributed by atoms with Crippen molar-refractivity contribution in [3.8, 4) is 0 Å². The van der Waals surface area contributed by atoms with Gasteiger partial charge in [0.2, 0.25) is 0 Å². The van der Waals surface area contributed by atoms with Gasteiger partial charge in [-0.05, 0) is 52.4 Å². The summed E-state index contributed by atoms with van der Waals surface area (Å²) in [7, 11) is 0. The molecule has 0 N–H and O–H groups in total. The van der Waals surface area contributed by atoms with Crippen molar-refractivity contribution in [3.63, 3.8) is 0 Å². The predicted octanol–water partition coefficient (Wildman–Crippen LogP) is 4.35. The van der Waals surface area contributed by atoms with Crippen LogP contribution in [0.25, 0.3) is 0 Å². The lowest BCUT2D eigenvalue weighted by Crippen LogP contribution is -2.00. The van der Waals surface area contributed by atoms with Crippen LogP contribution in [0.3, 0.4) is 0 Å². The topological polar surface area (TPSA) is 12.9 Å². The van der Waals surface area contributed by atoms with Crippen molar-refractivity contribution in [1.82, 2.24) is 4.98 Å². The van der Waals surface area contributed by atoms with Crippen LogP contribution in [0.2, 0.25) is 0 Å². The van der Waals surface area contributed by atoms with Crippen molar-refractivity contribution < 1.29 is 4.39 Å². The van der Waals surface area contributed by atoms with E-state index in [1.54, 1.807) is 12.3 Å². The molecule has 1 aromatic heterocycles. The van der Waals surface area contributed by atoms with E-state index < -0.39 is 0 Å². The molecule has 0 aliphatic carbocycles. The van der Waals surface area contributed by atoms with Crippen molar-refractivity contribution in [2.75, 3.05) is 0 Å². The van der Waals surface area contributed by atoms with Crippen LogP contribution >= 0.6 is 34.2 Å². The summed E-state index contributed by atoms with van der Waals surface area (Å²) < 4.78 is 13.8. The first-order chi connectivity index (χ1) is 8.16. The molecule has 1 nitrogen and oxygen atoms in total. The Kier molecular flexibility index (Phi) is 4.34. The Morgan fingerprint density at radius 3 is 2.76 bits per heavy atom. The van der Waals surface area contributed by atoms with E-state index in [0.29, 0.717) is 6.42 Å². The Balaban J connectivity index is 2.17. The second-order valence-corrected chi connectivity index (χ2v) is 5.35. The average Bonchev–Trinajstić information content (AvgIpc) is 2.30.